The summed E-state index contributed by atoms with van der Waals surface area (Å²) in [5, 5.41) is 0.902. The van der Waals surface area contributed by atoms with Crippen LogP contribution in [0, 0.1) is 6.92 Å². The number of carbonyl (C=O) groups excluding carboxylic acids is 1. The average molecular weight is 296 g/mol. The molecule has 0 saturated carbocycles. The fourth-order valence-corrected chi connectivity index (χ4v) is 3.19. The number of thioether (sulfide) groups is 1. The van der Waals surface area contributed by atoms with Gasteiger partial charge in [0.05, 0.1) is 11.3 Å². The first kappa shape index (κ1) is 14.0. The Morgan fingerprint density at radius 1 is 1.14 bits per heavy atom. The van der Waals surface area contributed by atoms with E-state index in [1.807, 2.05) is 24.3 Å². The second kappa shape index (κ2) is 6.19. The molecule has 0 atom stereocenters. The van der Waals surface area contributed by atoms with E-state index < -0.39 is 0 Å². The number of carbonyl (C=O) groups is 1. The summed E-state index contributed by atoms with van der Waals surface area (Å²) >= 11 is 1.64. The second-order valence-corrected chi connectivity index (χ2v) is 6.04. The first-order chi connectivity index (χ1) is 10.2. The van der Waals surface area contributed by atoms with Crippen LogP contribution in [0.5, 0.6) is 0 Å². The van der Waals surface area contributed by atoms with Crippen LogP contribution < -0.4 is 0 Å². The Kier molecular flexibility index (Phi) is 4.11. The van der Waals surface area contributed by atoms with Crippen molar-refractivity contribution >= 4 is 28.5 Å². The summed E-state index contributed by atoms with van der Waals surface area (Å²) in [5.41, 5.74) is 3.96. The van der Waals surface area contributed by atoms with Crippen LogP contribution in [0.1, 0.15) is 21.5 Å². The molecule has 0 saturated heterocycles. The highest BCUT2D eigenvalue weighted by molar-refractivity contribution is 7.99. The molecule has 2 aromatic carbocycles. The Bertz CT molecular complexity index is 773. The molecule has 0 fully saturated rings. The first-order valence-corrected chi connectivity index (χ1v) is 8.02. The largest absolute Gasteiger partial charge is 0.464 e. The van der Waals surface area contributed by atoms with Gasteiger partial charge in [-0.1, -0.05) is 48.0 Å². The van der Waals surface area contributed by atoms with Gasteiger partial charge in [0.25, 0.3) is 0 Å². The smallest absolute Gasteiger partial charge is 0.176 e. The van der Waals surface area contributed by atoms with Gasteiger partial charge in [-0.15, -0.1) is 11.8 Å². The summed E-state index contributed by atoms with van der Waals surface area (Å²) < 4.78 is 5.42. The fourth-order valence-electron chi connectivity index (χ4n) is 2.33. The molecule has 0 bridgehead atoms. The third-order valence-electron chi connectivity index (χ3n) is 3.37. The lowest BCUT2D eigenvalue weighted by molar-refractivity contribution is 0.102. The van der Waals surface area contributed by atoms with E-state index in [1.165, 1.54) is 11.1 Å². The van der Waals surface area contributed by atoms with Crippen LogP contribution in [-0.4, -0.2) is 11.5 Å². The van der Waals surface area contributed by atoms with E-state index in [1.54, 1.807) is 18.0 Å². The van der Waals surface area contributed by atoms with Gasteiger partial charge >= 0.3 is 0 Å². The maximum Gasteiger partial charge on any atom is 0.176 e. The lowest BCUT2D eigenvalue weighted by Crippen LogP contribution is -2.01. The molecule has 1 aromatic heterocycles. The van der Waals surface area contributed by atoms with Crippen LogP contribution in [0.2, 0.25) is 0 Å². The van der Waals surface area contributed by atoms with E-state index >= 15 is 0 Å². The number of rotatable bonds is 5. The predicted octanol–water partition coefficient (Wildman–Crippen LogP) is 4.86. The Hall–Kier alpha value is -2.00. The second-order valence-electron chi connectivity index (χ2n) is 5.05. The fraction of sp³-hybridized carbons (Fsp3) is 0.167. The SMILES string of the molecule is Cc1cccc(CSCC(=O)c2coc3ccccc23)c1. The summed E-state index contributed by atoms with van der Waals surface area (Å²) in [7, 11) is 0. The number of para-hydroxylation sites is 1. The van der Waals surface area contributed by atoms with Crippen molar-refractivity contribution in [3.8, 4) is 0 Å². The zero-order valence-corrected chi connectivity index (χ0v) is 12.7. The topological polar surface area (TPSA) is 30.2 Å². The van der Waals surface area contributed by atoms with Crippen molar-refractivity contribution in [2.24, 2.45) is 0 Å². The van der Waals surface area contributed by atoms with Crippen molar-refractivity contribution in [2.45, 2.75) is 12.7 Å². The zero-order chi connectivity index (χ0) is 14.7. The van der Waals surface area contributed by atoms with Crippen LogP contribution in [0.4, 0.5) is 0 Å². The van der Waals surface area contributed by atoms with Gasteiger partial charge < -0.3 is 4.42 Å². The molecule has 0 aliphatic carbocycles. The molecule has 0 amide bonds. The van der Waals surface area contributed by atoms with Gasteiger partial charge in [0.1, 0.15) is 11.8 Å². The zero-order valence-electron chi connectivity index (χ0n) is 11.8. The van der Waals surface area contributed by atoms with Crippen molar-refractivity contribution in [3.63, 3.8) is 0 Å². The minimum Gasteiger partial charge on any atom is -0.464 e. The Morgan fingerprint density at radius 2 is 2.00 bits per heavy atom. The van der Waals surface area contributed by atoms with Gasteiger partial charge in [0.15, 0.2) is 5.78 Å². The molecule has 0 aliphatic rings. The minimum absolute atomic E-state index is 0.123. The molecule has 3 heteroatoms. The highest BCUT2D eigenvalue weighted by Gasteiger charge is 2.13. The standard InChI is InChI=1S/C18H16O2S/c1-13-5-4-6-14(9-13)11-21-12-17(19)16-10-20-18-8-3-2-7-15(16)18/h2-10H,11-12H2,1H3. The summed E-state index contributed by atoms with van der Waals surface area (Å²) in [6.45, 7) is 2.08. The van der Waals surface area contributed by atoms with E-state index in [2.05, 4.69) is 31.2 Å². The third-order valence-corrected chi connectivity index (χ3v) is 4.37. The van der Waals surface area contributed by atoms with Crippen molar-refractivity contribution in [1.29, 1.82) is 0 Å². The van der Waals surface area contributed by atoms with E-state index in [-0.39, 0.29) is 5.78 Å². The number of hydrogen-bond acceptors (Lipinski definition) is 3. The highest BCUT2D eigenvalue weighted by Crippen LogP contribution is 2.23. The van der Waals surface area contributed by atoms with Gasteiger partial charge in [0.2, 0.25) is 0 Å². The van der Waals surface area contributed by atoms with Gasteiger partial charge in [-0.25, -0.2) is 0 Å². The number of aryl methyl sites for hydroxylation is 1. The molecule has 0 radical (unpaired) electrons. The number of benzene rings is 2. The van der Waals surface area contributed by atoms with Crippen LogP contribution in [0.15, 0.2) is 59.2 Å². The van der Waals surface area contributed by atoms with Crippen LogP contribution in [0.3, 0.4) is 0 Å². The summed E-state index contributed by atoms with van der Waals surface area (Å²) in [5.74, 6) is 1.44. The molecule has 21 heavy (non-hydrogen) atoms. The molecule has 1 heterocycles. The molecule has 0 spiro atoms. The number of furan rings is 1. The Labute approximate surface area is 128 Å². The minimum atomic E-state index is 0.123. The Balaban J connectivity index is 1.64. The quantitative estimate of drug-likeness (QED) is 0.630. The van der Waals surface area contributed by atoms with Gasteiger partial charge in [-0.3, -0.25) is 4.79 Å². The summed E-state index contributed by atoms with van der Waals surface area (Å²) in [6, 6.07) is 16.0. The van der Waals surface area contributed by atoms with Gasteiger partial charge in [0, 0.05) is 11.1 Å². The predicted molar refractivity (Wildman–Crippen MR) is 87.9 cm³/mol. The lowest BCUT2D eigenvalue weighted by Gasteiger charge is -2.02. The van der Waals surface area contributed by atoms with E-state index in [0.29, 0.717) is 11.3 Å². The van der Waals surface area contributed by atoms with Crippen LogP contribution in [0.25, 0.3) is 11.0 Å². The van der Waals surface area contributed by atoms with Crippen molar-refractivity contribution in [2.75, 3.05) is 5.75 Å². The van der Waals surface area contributed by atoms with Crippen molar-refractivity contribution < 1.29 is 9.21 Å². The van der Waals surface area contributed by atoms with Gasteiger partial charge in [-0.05, 0) is 18.6 Å². The van der Waals surface area contributed by atoms with Crippen molar-refractivity contribution in [3.05, 3.63) is 71.5 Å². The normalized spacial score (nSPS) is 10.9. The molecule has 106 valence electrons. The molecular weight excluding hydrogens is 280 g/mol. The highest BCUT2D eigenvalue weighted by atomic mass is 32.2. The molecule has 0 aliphatic heterocycles. The maximum atomic E-state index is 12.3. The monoisotopic (exact) mass is 296 g/mol. The third kappa shape index (κ3) is 3.19. The number of hydrogen-bond donors (Lipinski definition) is 0. The van der Waals surface area contributed by atoms with Gasteiger partial charge in [-0.2, -0.15) is 0 Å². The van der Waals surface area contributed by atoms with E-state index in [9.17, 15) is 4.79 Å². The number of Topliss-reactive ketones (excluding diaryl/α,β-unsaturated/α-hetero) is 1. The maximum absolute atomic E-state index is 12.3. The first-order valence-electron chi connectivity index (χ1n) is 6.87. The van der Waals surface area contributed by atoms with Crippen molar-refractivity contribution in [1.82, 2.24) is 0 Å². The van der Waals surface area contributed by atoms with E-state index in [4.69, 9.17) is 4.42 Å². The molecule has 0 unspecified atom stereocenters. The molecule has 2 nitrogen and oxygen atoms in total. The molecule has 0 N–H and O–H groups in total. The average Bonchev–Trinajstić information content (AvgIpc) is 2.91. The van der Waals surface area contributed by atoms with E-state index in [0.717, 1.165) is 16.7 Å². The summed E-state index contributed by atoms with van der Waals surface area (Å²) in [6.07, 6.45) is 1.57. The number of fused-ring (bicyclic) bond motifs is 1. The molecule has 3 rings (SSSR count). The number of ketones is 1. The Morgan fingerprint density at radius 3 is 2.86 bits per heavy atom. The summed E-state index contributed by atoms with van der Waals surface area (Å²) in [4.78, 5) is 12.3. The van der Waals surface area contributed by atoms with Crippen LogP contribution >= 0.6 is 11.8 Å². The molecule has 3 aromatic rings. The lowest BCUT2D eigenvalue weighted by atomic mass is 10.1. The van der Waals surface area contributed by atoms with Crippen LogP contribution in [-0.2, 0) is 5.75 Å². The molecular formula is C18H16O2S.